The Bertz CT molecular complexity index is 502. The molecule has 1 N–H and O–H groups in total. The standard InChI is InChI=1S/C16H22ClNS2/c1-4-12(5-2)11(3)18-16(13-7-6-10-19-13)14-8-9-15(17)20-14/h6-12,16,18H,4-5H2,1-3H3. The van der Waals surface area contributed by atoms with Crippen LogP contribution in [0.5, 0.6) is 0 Å². The van der Waals surface area contributed by atoms with Gasteiger partial charge >= 0.3 is 0 Å². The Hall–Kier alpha value is -0.350. The Balaban J connectivity index is 2.20. The van der Waals surface area contributed by atoms with Crippen LogP contribution >= 0.6 is 34.3 Å². The third kappa shape index (κ3) is 3.85. The van der Waals surface area contributed by atoms with Crippen molar-refractivity contribution in [1.29, 1.82) is 0 Å². The molecule has 2 aromatic heterocycles. The summed E-state index contributed by atoms with van der Waals surface area (Å²) in [6, 6.07) is 9.22. The molecule has 0 saturated heterocycles. The summed E-state index contributed by atoms with van der Waals surface area (Å²) in [5.74, 6) is 0.716. The molecule has 4 heteroatoms. The van der Waals surface area contributed by atoms with Crippen molar-refractivity contribution in [3.8, 4) is 0 Å². The van der Waals surface area contributed by atoms with Gasteiger partial charge in [0.25, 0.3) is 0 Å². The van der Waals surface area contributed by atoms with E-state index in [2.05, 4.69) is 49.7 Å². The summed E-state index contributed by atoms with van der Waals surface area (Å²) in [4.78, 5) is 2.66. The summed E-state index contributed by atoms with van der Waals surface area (Å²) < 4.78 is 0.860. The van der Waals surface area contributed by atoms with Gasteiger partial charge in [-0.05, 0) is 36.4 Å². The van der Waals surface area contributed by atoms with Crippen LogP contribution in [0, 0.1) is 5.92 Å². The molecule has 2 aromatic rings. The Labute approximate surface area is 135 Å². The molecule has 0 saturated carbocycles. The summed E-state index contributed by atoms with van der Waals surface area (Å²) in [6.45, 7) is 6.84. The highest BCUT2D eigenvalue weighted by molar-refractivity contribution is 7.16. The van der Waals surface area contributed by atoms with Gasteiger partial charge in [0.2, 0.25) is 0 Å². The average Bonchev–Trinajstić information content (AvgIpc) is 3.09. The van der Waals surface area contributed by atoms with Crippen molar-refractivity contribution >= 4 is 34.3 Å². The first kappa shape index (κ1) is 16.0. The van der Waals surface area contributed by atoms with Gasteiger partial charge in [-0.15, -0.1) is 22.7 Å². The van der Waals surface area contributed by atoms with E-state index in [1.54, 1.807) is 22.7 Å². The zero-order valence-electron chi connectivity index (χ0n) is 12.2. The average molecular weight is 328 g/mol. The Kier molecular flexibility index (Phi) is 6.09. The van der Waals surface area contributed by atoms with E-state index in [1.807, 2.05) is 6.07 Å². The van der Waals surface area contributed by atoms with E-state index in [9.17, 15) is 0 Å². The highest BCUT2D eigenvalue weighted by Gasteiger charge is 2.22. The van der Waals surface area contributed by atoms with E-state index in [0.717, 1.165) is 4.34 Å². The second-order valence-corrected chi connectivity index (χ2v) is 7.85. The molecule has 1 nitrogen and oxygen atoms in total. The lowest BCUT2D eigenvalue weighted by molar-refractivity contribution is 0.339. The van der Waals surface area contributed by atoms with Crippen LogP contribution in [0.1, 0.15) is 49.4 Å². The number of thiophene rings is 2. The molecule has 0 aliphatic heterocycles. The third-order valence-electron chi connectivity index (χ3n) is 3.89. The van der Waals surface area contributed by atoms with Crippen LogP contribution in [0.4, 0.5) is 0 Å². The maximum absolute atomic E-state index is 6.11. The molecule has 0 bridgehead atoms. The fraction of sp³-hybridized carbons (Fsp3) is 0.500. The second-order valence-electron chi connectivity index (χ2n) is 5.12. The Morgan fingerprint density at radius 3 is 2.40 bits per heavy atom. The van der Waals surface area contributed by atoms with Crippen molar-refractivity contribution < 1.29 is 0 Å². The van der Waals surface area contributed by atoms with Crippen molar-refractivity contribution in [1.82, 2.24) is 5.32 Å². The normalized spacial score (nSPS) is 14.7. The van der Waals surface area contributed by atoms with Gasteiger partial charge in [0, 0.05) is 15.8 Å². The molecule has 0 fully saturated rings. The van der Waals surface area contributed by atoms with Crippen LogP contribution in [-0.4, -0.2) is 6.04 Å². The van der Waals surface area contributed by atoms with E-state index < -0.39 is 0 Å². The summed E-state index contributed by atoms with van der Waals surface area (Å²) in [5, 5.41) is 5.95. The first-order valence-electron chi connectivity index (χ1n) is 7.20. The van der Waals surface area contributed by atoms with Crippen LogP contribution in [-0.2, 0) is 0 Å². The summed E-state index contributed by atoms with van der Waals surface area (Å²) in [5.41, 5.74) is 0. The lowest BCUT2D eigenvalue weighted by atomic mass is 9.94. The molecule has 0 aliphatic rings. The van der Waals surface area contributed by atoms with Crippen LogP contribution in [0.15, 0.2) is 29.6 Å². The number of hydrogen-bond acceptors (Lipinski definition) is 3. The van der Waals surface area contributed by atoms with E-state index in [0.29, 0.717) is 12.0 Å². The molecule has 0 amide bonds. The zero-order chi connectivity index (χ0) is 14.5. The molecular weight excluding hydrogens is 306 g/mol. The quantitative estimate of drug-likeness (QED) is 0.661. The fourth-order valence-corrected chi connectivity index (χ4v) is 4.66. The number of nitrogens with one attached hydrogen (secondary N) is 1. The van der Waals surface area contributed by atoms with E-state index in [1.165, 1.54) is 22.6 Å². The van der Waals surface area contributed by atoms with Crippen molar-refractivity contribution in [2.45, 2.75) is 45.7 Å². The minimum atomic E-state index is 0.267. The van der Waals surface area contributed by atoms with Gasteiger partial charge in [-0.3, -0.25) is 0 Å². The highest BCUT2D eigenvalue weighted by Crippen LogP contribution is 2.34. The van der Waals surface area contributed by atoms with Crippen molar-refractivity contribution in [3.63, 3.8) is 0 Å². The molecule has 0 spiro atoms. The highest BCUT2D eigenvalue weighted by atomic mass is 35.5. The lowest BCUT2D eigenvalue weighted by Gasteiger charge is -2.27. The first-order chi connectivity index (χ1) is 9.65. The van der Waals surface area contributed by atoms with Gasteiger partial charge in [-0.1, -0.05) is 44.4 Å². The summed E-state index contributed by atoms with van der Waals surface area (Å²) in [6.07, 6.45) is 2.43. The zero-order valence-corrected chi connectivity index (χ0v) is 14.6. The van der Waals surface area contributed by atoms with Crippen molar-refractivity contribution in [3.05, 3.63) is 43.7 Å². The van der Waals surface area contributed by atoms with Crippen LogP contribution in [0.3, 0.4) is 0 Å². The maximum Gasteiger partial charge on any atom is 0.0931 e. The molecule has 2 heterocycles. The van der Waals surface area contributed by atoms with Crippen LogP contribution < -0.4 is 5.32 Å². The minimum absolute atomic E-state index is 0.267. The van der Waals surface area contributed by atoms with Gasteiger partial charge in [0.05, 0.1) is 10.4 Å². The Morgan fingerprint density at radius 1 is 1.15 bits per heavy atom. The lowest BCUT2D eigenvalue weighted by Crippen LogP contribution is -2.36. The van der Waals surface area contributed by atoms with Crippen molar-refractivity contribution in [2.75, 3.05) is 0 Å². The van der Waals surface area contributed by atoms with Gasteiger partial charge in [-0.2, -0.15) is 0 Å². The smallest absolute Gasteiger partial charge is 0.0931 e. The maximum atomic E-state index is 6.11. The molecule has 0 radical (unpaired) electrons. The molecule has 2 unspecified atom stereocenters. The van der Waals surface area contributed by atoms with Gasteiger partial charge < -0.3 is 5.32 Å². The molecular formula is C16H22ClNS2. The molecule has 0 aliphatic carbocycles. The molecule has 0 aromatic carbocycles. The van der Waals surface area contributed by atoms with Gasteiger partial charge in [-0.25, -0.2) is 0 Å². The largest absolute Gasteiger partial charge is 0.302 e. The van der Waals surface area contributed by atoms with E-state index in [4.69, 9.17) is 11.6 Å². The fourth-order valence-electron chi connectivity index (χ4n) is 2.64. The monoisotopic (exact) mass is 327 g/mol. The third-order valence-corrected chi connectivity index (χ3v) is 6.12. The summed E-state index contributed by atoms with van der Waals surface area (Å²) in [7, 11) is 0. The summed E-state index contributed by atoms with van der Waals surface area (Å²) >= 11 is 9.59. The topological polar surface area (TPSA) is 12.0 Å². The SMILES string of the molecule is CCC(CC)C(C)NC(c1cccs1)c1ccc(Cl)s1. The second kappa shape index (κ2) is 7.60. The van der Waals surface area contributed by atoms with Gasteiger partial charge in [0.15, 0.2) is 0 Å². The number of hydrogen-bond donors (Lipinski definition) is 1. The van der Waals surface area contributed by atoms with E-state index >= 15 is 0 Å². The molecule has 20 heavy (non-hydrogen) atoms. The first-order valence-corrected chi connectivity index (χ1v) is 9.27. The predicted octanol–water partition coefficient (Wildman–Crippen LogP) is 5.97. The molecule has 2 rings (SSSR count). The Morgan fingerprint density at radius 2 is 1.90 bits per heavy atom. The molecule has 2 atom stereocenters. The van der Waals surface area contributed by atoms with Crippen molar-refractivity contribution in [2.24, 2.45) is 5.92 Å². The van der Waals surface area contributed by atoms with Crippen LogP contribution in [0.25, 0.3) is 0 Å². The van der Waals surface area contributed by atoms with Crippen LogP contribution in [0.2, 0.25) is 4.34 Å². The van der Waals surface area contributed by atoms with E-state index in [-0.39, 0.29) is 6.04 Å². The molecule has 110 valence electrons. The van der Waals surface area contributed by atoms with Gasteiger partial charge in [0.1, 0.15) is 0 Å². The predicted molar refractivity (Wildman–Crippen MR) is 92.2 cm³/mol. The minimum Gasteiger partial charge on any atom is -0.302 e. The number of rotatable bonds is 7. The number of halogens is 1.